The second kappa shape index (κ2) is 6.41. The molecule has 0 aliphatic rings. The van der Waals surface area contributed by atoms with Crippen molar-refractivity contribution in [3.05, 3.63) is 12.2 Å². The van der Waals surface area contributed by atoms with Crippen molar-refractivity contribution in [2.45, 2.75) is 52.1 Å². The van der Waals surface area contributed by atoms with Gasteiger partial charge >= 0.3 is 0 Å². The minimum Gasteiger partial charge on any atom is -0.389 e. The van der Waals surface area contributed by atoms with Crippen LogP contribution in [-0.2, 0) is 0 Å². The van der Waals surface area contributed by atoms with Crippen LogP contribution in [0.25, 0.3) is 0 Å². The van der Waals surface area contributed by atoms with Crippen molar-refractivity contribution in [2.24, 2.45) is 0 Å². The van der Waals surface area contributed by atoms with Crippen molar-refractivity contribution < 1.29 is 5.11 Å². The Morgan fingerprint density at radius 3 is 2.45 bits per heavy atom. The zero-order valence-electron chi connectivity index (χ0n) is 7.77. The van der Waals surface area contributed by atoms with Crippen molar-refractivity contribution in [1.82, 2.24) is 0 Å². The molecule has 0 radical (unpaired) electrons. The van der Waals surface area contributed by atoms with Gasteiger partial charge in [-0.05, 0) is 13.3 Å². The number of rotatable bonds is 6. The van der Waals surface area contributed by atoms with E-state index in [2.05, 4.69) is 13.5 Å². The second-order valence-corrected chi connectivity index (χ2v) is 3.21. The maximum Gasteiger partial charge on any atom is 0.0744 e. The van der Waals surface area contributed by atoms with Gasteiger partial charge in [-0.3, -0.25) is 0 Å². The molecule has 0 rings (SSSR count). The molecule has 1 atom stereocenters. The second-order valence-electron chi connectivity index (χ2n) is 3.21. The normalized spacial score (nSPS) is 13.0. The average molecular weight is 156 g/mol. The van der Waals surface area contributed by atoms with E-state index in [-0.39, 0.29) is 6.10 Å². The molecule has 0 amide bonds. The number of hydrogen-bond donors (Lipinski definition) is 1. The summed E-state index contributed by atoms with van der Waals surface area (Å²) in [6.07, 6.45) is 5.51. The largest absolute Gasteiger partial charge is 0.389 e. The number of aliphatic hydroxyl groups is 1. The minimum atomic E-state index is -0.271. The number of unbranched alkanes of at least 4 members (excludes halogenated alkanes) is 3. The Morgan fingerprint density at radius 1 is 1.36 bits per heavy atom. The lowest BCUT2D eigenvalue weighted by atomic mass is 10.1. The fourth-order valence-corrected chi connectivity index (χ4v) is 1.01. The maximum atomic E-state index is 9.33. The van der Waals surface area contributed by atoms with Crippen molar-refractivity contribution in [3.63, 3.8) is 0 Å². The molecule has 1 nitrogen and oxygen atoms in total. The molecule has 0 spiro atoms. The highest BCUT2D eigenvalue weighted by atomic mass is 16.3. The Hall–Kier alpha value is -0.300. The first-order valence-electron chi connectivity index (χ1n) is 4.52. The molecule has 11 heavy (non-hydrogen) atoms. The van der Waals surface area contributed by atoms with Gasteiger partial charge in [0.05, 0.1) is 6.10 Å². The summed E-state index contributed by atoms with van der Waals surface area (Å²) in [5.41, 5.74) is 0.890. The lowest BCUT2D eigenvalue weighted by molar-refractivity contribution is 0.196. The summed E-state index contributed by atoms with van der Waals surface area (Å²) in [7, 11) is 0. The number of hydrogen-bond acceptors (Lipinski definition) is 1. The molecule has 0 aliphatic carbocycles. The molecule has 1 unspecified atom stereocenters. The first kappa shape index (κ1) is 10.7. The fourth-order valence-electron chi connectivity index (χ4n) is 1.01. The third-order valence-electron chi connectivity index (χ3n) is 1.90. The molecule has 0 bridgehead atoms. The van der Waals surface area contributed by atoms with Crippen LogP contribution in [0.4, 0.5) is 0 Å². The van der Waals surface area contributed by atoms with Gasteiger partial charge in [-0.15, -0.1) is 0 Å². The van der Waals surface area contributed by atoms with Crippen LogP contribution in [0.3, 0.4) is 0 Å². The fraction of sp³-hybridized carbons (Fsp3) is 0.800. The van der Waals surface area contributed by atoms with Crippen molar-refractivity contribution >= 4 is 0 Å². The molecular weight excluding hydrogens is 136 g/mol. The minimum absolute atomic E-state index is 0.271. The van der Waals surface area contributed by atoms with E-state index >= 15 is 0 Å². The lowest BCUT2D eigenvalue weighted by Gasteiger charge is -2.08. The molecule has 0 saturated heterocycles. The summed E-state index contributed by atoms with van der Waals surface area (Å²) >= 11 is 0. The van der Waals surface area contributed by atoms with Crippen LogP contribution < -0.4 is 0 Å². The molecule has 0 heterocycles. The summed E-state index contributed by atoms with van der Waals surface area (Å²) in [6.45, 7) is 7.77. The van der Waals surface area contributed by atoms with E-state index in [1.807, 2.05) is 6.92 Å². The predicted molar refractivity (Wildman–Crippen MR) is 49.6 cm³/mol. The third kappa shape index (κ3) is 6.11. The van der Waals surface area contributed by atoms with Gasteiger partial charge in [-0.25, -0.2) is 0 Å². The van der Waals surface area contributed by atoms with Crippen molar-refractivity contribution in [3.8, 4) is 0 Å². The SMILES string of the molecule is C=C(C)C(O)CCCCCC. The summed E-state index contributed by atoms with van der Waals surface area (Å²) in [5.74, 6) is 0. The Balaban J connectivity index is 3.17. The molecule has 66 valence electrons. The van der Waals surface area contributed by atoms with Gasteiger partial charge in [0, 0.05) is 0 Å². The Bertz CT molecular complexity index is 107. The van der Waals surface area contributed by atoms with E-state index in [1.54, 1.807) is 0 Å². The topological polar surface area (TPSA) is 20.2 Å². The van der Waals surface area contributed by atoms with Gasteiger partial charge < -0.3 is 5.11 Å². The molecule has 0 aliphatic heterocycles. The van der Waals surface area contributed by atoms with Gasteiger partial charge in [-0.2, -0.15) is 0 Å². The molecule has 0 aromatic carbocycles. The smallest absolute Gasteiger partial charge is 0.0744 e. The van der Waals surface area contributed by atoms with E-state index in [4.69, 9.17) is 0 Å². The van der Waals surface area contributed by atoms with Gasteiger partial charge in [0.25, 0.3) is 0 Å². The first-order valence-corrected chi connectivity index (χ1v) is 4.52. The van der Waals surface area contributed by atoms with E-state index in [0.29, 0.717) is 0 Å². The van der Waals surface area contributed by atoms with Crippen LogP contribution in [0, 0.1) is 0 Å². The zero-order valence-corrected chi connectivity index (χ0v) is 7.77. The third-order valence-corrected chi connectivity index (χ3v) is 1.90. The van der Waals surface area contributed by atoms with Crippen LogP contribution in [0.2, 0.25) is 0 Å². The summed E-state index contributed by atoms with van der Waals surface area (Å²) in [4.78, 5) is 0. The summed E-state index contributed by atoms with van der Waals surface area (Å²) in [6, 6.07) is 0. The zero-order chi connectivity index (χ0) is 8.69. The molecule has 0 saturated carbocycles. The molecule has 1 N–H and O–H groups in total. The van der Waals surface area contributed by atoms with Gasteiger partial charge in [0.1, 0.15) is 0 Å². The maximum absolute atomic E-state index is 9.33. The summed E-state index contributed by atoms with van der Waals surface area (Å²) in [5, 5.41) is 9.33. The van der Waals surface area contributed by atoms with E-state index in [9.17, 15) is 5.11 Å². The average Bonchev–Trinajstić information content (AvgIpc) is 1.97. The van der Waals surface area contributed by atoms with Crippen molar-refractivity contribution in [2.75, 3.05) is 0 Å². The van der Waals surface area contributed by atoms with Gasteiger partial charge in [-0.1, -0.05) is 44.8 Å². The highest BCUT2D eigenvalue weighted by Crippen LogP contribution is 2.09. The van der Waals surface area contributed by atoms with Crippen LogP contribution in [-0.4, -0.2) is 11.2 Å². The quantitative estimate of drug-likeness (QED) is 0.463. The van der Waals surface area contributed by atoms with Gasteiger partial charge in [0.15, 0.2) is 0 Å². The Labute approximate surface area is 70.1 Å². The van der Waals surface area contributed by atoms with E-state index < -0.39 is 0 Å². The molecule has 0 fully saturated rings. The predicted octanol–water partition coefficient (Wildman–Crippen LogP) is 2.89. The van der Waals surface area contributed by atoms with Crippen LogP contribution in [0.5, 0.6) is 0 Å². The van der Waals surface area contributed by atoms with Crippen LogP contribution in [0.1, 0.15) is 46.0 Å². The van der Waals surface area contributed by atoms with Crippen LogP contribution >= 0.6 is 0 Å². The summed E-state index contributed by atoms with van der Waals surface area (Å²) < 4.78 is 0. The molecular formula is C10H20O. The molecule has 1 heteroatoms. The Morgan fingerprint density at radius 2 is 2.00 bits per heavy atom. The highest BCUT2D eigenvalue weighted by molar-refractivity contribution is 4.96. The highest BCUT2D eigenvalue weighted by Gasteiger charge is 2.02. The molecule has 0 aromatic heterocycles. The van der Waals surface area contributed by atoms with E-state index in [1.165, 1.54) is 19.3 Å². The monoisotopic (exact) mass is 156 g/mol. The van der Waals surface area contributed by atoms with Gasteiger partial charge in [0.2, 0.25) is 0 Å². The number of aliphatic hydroxyl groups excluding tert-OH is 1. The van der Waals surface area contributed by atoms with Crippen molar-refractivity contribution in [1.29, 1.82) is 0 Å². The Kier molecular flexibility index (Phi) is 6.24. The van der Waals surface area contributed by atoms with E-state index in [0.717, 1.165) is 18.4 Å². The lowest BCUT2D eigenvalue weighted by Crippen LogP contribution is -2.06. The first-order chi connectivity index (χ1) is 5.18. The standard InChI is InChI=1S/C10H20O/c1-4-5-6-7-8-10(11)9(2)3/h10-11H,2,4-8H2,1,3H3. The molecule has 0 aromatic rings. The van der Waals surface area contributed by atoms with Crippen LogP contribution in [0.15, 0.2) is 12.2 Å².